The number of hydrogen-bond acceptors (Lipinski definition) is 5. The zero-order valence-corrected chi connectivity index (χ0v) is 9.02. The molecule has 2 rings (SSSR count). The van der Waals surface area contributed by atoms with Crippen molar-refractivity contribution < 1.29 is 4.39 Å². The van der Waals surface area contributed by atoms with Crippen molar-refractivity contribution in [3.05, 3.63) is 48.0 Å². The number of nitrogens with two attached hydrogens (primary N) is 1. The number of nitrogens with one attached hydrogen (secondary N) is 2. The molecule has 1 aromatic heterocycles. The third-order valence-corrected chi connectivity index (χ3v) is 2.17. The van der Waals surface area contributed by atoms with Crippen LogP contribution in [0.15, 0.2) is 36.7 Å². The molecule has 0 radical (unpaired) electrons. The number of aromatic nitrogens is 2. The predicted molar refractivity (Wildman–Crippen MR) is 63.6 cm³/mol. The fraction of sp³-hybridized carbons (Fsp3) is 0.0909. The summed E-state index contributed by atoms with van der Waals surface area (Å²) in [5, 5.41) is 3.06. The minimum absolute atomic E-state index is 0.247. The first-order valence-electron chi connectivity index (χ1n) is 5.05. The van der Waals surface area contributed by atoms with Gasteiger partial charge in [0.1, 0.15) is 11.6 Å². The van der Waals surface area contributed by atoms with Crippen LogP contribution in [0, 0.1) is 5.82 Å². The van der Waals surface area contributed by atoms with Gasteiger partial charge in [0.2, 0.25) is 0 Å². The van der Waals surface area contributed by atoms with Crippen LogP contribution in [-0.4, -0.2) is 9.97 Å². The highest BCUT2D eigenvalue weighted by Crippen LogP contribution is 2.08. The maximum atomic E-state index is 12.7. The highest BCUT2D eigenvalue weighted by molar-refractivity contribution is 5.41. The van der Waals surface area contributed by atoms with Gasteiger partial charge in [-0.05, 0) is 17.7 Å². The van der Waals surface area contributed by atoms with Crippen LogP contribution in [0.25, 0.3) is 0 Å². The molecule has 1 heterocycles. The van der Waals surface area contributed by atoms with E-state index in [0.29, 0.717) is 18.2 Å². The Bertz CT molecular complexity index is 485. The van der Waals surface area contributed by atoms with Crippen LogP contribution in [0.5, 0.6) is 0 Å². The molecular weight excluding hydrogens is 221 g/mol. The average molecular weight is 233 g/mol. The number of benzene rings is 1. The summed E-state index contributed by atoms with van der Waals surface area (Å²) in [6, 6.07) is 6.25. The van der Waals surface area contributed by atoms with Gasteiger partial charge < -0.3 is 10.7 Å². The molecule has 0 unspecified atom stereocenters. The van der Waals surface area contributed by atoms with Crippen LogP contribution in [0.3, 0.4) is 0 Å². The maximum Gasteiger partial charge on any atom is 0.160 e. The minimum Gasteiger partial charge on any atom is -0.365 e. The molecule has 17 heavy (non-hydrogen) atoms. The van der Waals surface area contributed by atoms with E-state index in [2.05, 4.69) is 20.7 Å². The highest BCUT2D eigenvalue weighted by Gasteiger charge is 1.98. The lowest BCUT2D eigenvalue weighted by Crippen LogP contribution is -2.10. The molecule has 0 bridgehead atoms. The first-order chi connectivity index (χ1) is 8.28. The van der Waals surface area contributed by atoms with Crippen molar-refractivity contribution in [2.75, 3.05) is 10.7 Å². The van der Waals surface area contributed by atoms with Gasteiger partial charge >= 0.3 is 0 Å². The molecular formula is C11H12FN5. The summed E-state index contributed by atoms with van der Waals surface area (Å²) in [4.78, 5) is 8.09. The Balaban J connectivity index is 1.99. The molecule has 5 nitrogen and oxygen atoms in total. The second kappa shape index (κ2) is 5.22. The van der Waals surface area contributed by atoms with Gasteiger partial charge in [0, 0.05) is 6.54 Å². The molecule has 0 aliphatic rings. The number of nitrogens with zero attached hydrogens (tertiary/aromatic N) is 2. The van der Waals surface area contributed by atoms with Gasteiger partial charge in [-0.2, -0.15) is 0 Å². The number of halogens is 1. The first-order valence-corrected chi connectivity index (χ1v) is 5.05. The van der Waals surface area contributed by atoms with E-state index in [0.717, 1.165) is 5.56 Å². The lowest BCUT2D eigenvalue weighted by atomic mass is 10.2. The van der Waals surface area contributed by atoms with Crippen LogP contribution in [0.1, 0.15) is 5.56 Å². The third kappa shape index (κ3) is 3.12. The van der Waals surface area contributed by atoms with E-state index >= 15 is 0 Å². The fourth-order valence-electron chi connectivity index (χ4n) is 1.32. The standard InChI is InChI=1S/C11H12FN5/c12-9-3-1-8(2-4-9)5-15-10-6-14-7-11(16-10)17-13/h1-4,6-7H,5,13H2,(H2,15,16,17). The number of hydrogen-bond donors (Lipinski definition) is 3. The highest BCUT2D eigenvalue weighted by atomic mass is 19.1. The summed E-state index contributed by atoms with van der Waals surface area (Å²) in [7, 11) is 0. The monoisotopic (exact) mass is 233 g/mol. The third-order valence-electron chi connectivity index (χ3n) is 2.17. The minimum atomic E-state index is -0.247. The smallest absolute Gasteiger partial charge is 0.160 e. The van der Waals surface area contributed by atoms with Crippen LogP contribution >= 0.6 is 0 Å². The largest absolute Gasteiger partial charge is 0.365 e. The number of rotatable bonds is 4. The molecule has 6 heteroatoms. The van der Waals surface area contributed by atoms with Crippen molar-refractivity contribution in [1.29, 1.82) is 0 Å². The molecule has 88 valence electrons. The number of hydrazine groups is 1. The Labute approximate surface area is 97.9 Å². The summed E-state index contributed by atoms with van der Waals surface area (Å²) in [5.74, 6) is 6.06. The molecule has 2 aromatic rings. The van der Waals surface area contributed by atoms with Crippen LogP contribution < -0.4 is 16.6 Å². The summed E-state index contributed by atoms with van der Waals surface area (Å²) in [6.45, 7) is 0.545. The first kappa shape index (κ1) is 11.3. The van der Waals surface area contributed by atoms with Crippen molar-refractivity contribution in [3.63, 3.8) is 0 Å². The van der Waals surface area contributed by atoms with Crippen LogP contribution in [0.2, 0.25) is 0 Å². The van der Waals surface area contributed by atoms with E-state index < -0.39 is 0 Å². The van der Waals surface area contributed by atoms with E-state index in [9.17, 15) is 4.39 Å². The summed E-state index contributed by atoms with van der Waals surface area (Å²) >= 11 is 0. The predicted octanol–water partition coefficient (Wildman–Crippen LogP) is 1.51. The van der Waals surface area contributed by atoms with E-state index in [1.165, 1.54) is 18.3 Å². The van der Waals surface area contributed by atoms with E-state index in [4.69, 9.17) is 5.84 Å². The SMILES string of the molecule is NNc1cncc(NCc2ccc(F)cc2)n1. The average Bonchev–Trinajstić information content (AvgIpc) is 2.38. The lowest BCUT2D eigenvalue weighted by molar-refractivity contribution is 0.627. The molecule has 0 aliphatic carbocycles. The van der Waals surface area contributed by atoms with Crippen molar-refractivity contribution in [3.8, 4) is 0 Å². The zero-order chi connectivity index (χ0) is 12.1. The van der Waals surface area contributed by atoms with E-state index in [1.807, 2.05) is 0 Å². The molecule has 0 amide bonds. The summed E-state index contributed by atoms with van der Waals surface area (Å²) in [6.07, 6.45) is 3.10. The number of nitrogen functional groups attached to an aromatic ring is 1. The molecule has 0 atom stereocenters. The maximum absolute atomic E-state index is 12.7. The van der Waals surface area contributed by atoms with Gasteiger partial charge in [-0.15, -0.1) is 0 Å². The Morgan fingerprint density at radius 1 is 1.12 bits per heavy atom. The van der Waals surface area contributed by atoms with Crippen molar-refractivity contribution >= 4 is 11.6 Å². The van der Waals surface area contributed by atoms with Gasteiger partial charge in [0.25, 0.3) is 0 Å². The van der Waals surface area contributed by atoms with Crippen molar-refractivity contribution in [2.24, 2.45) is 5.84 Å². The van der Waals surface area contributed by atoms with Crippen molar-refractivity contribution in [2.45, 2.75) is 6.54 Å². The number of anilines is 2. The molecule has 0 saturated heterocycles. The molecule has 0 spiro atoms. The Morgan fingerprint density at radius 3 is 2.53 bits per heavy atom. The van der Waals surface area contributed by atoms with E-state index in [1.54, 1.807) is 18.3 Å². The second-order valence-electron chi connectivity index (χ2n) is 3.41. The summed E-state index contributed by atoms with van der Waals surface area (Å²) in [5.41, 5.74) is 3.37. The quantitative estimate of drug-likeness (QED) is 0.551. The van der Waals surface area contributed by atoms with Gasteiger partial charge in [-0.25, -0.2) is 15.2 Å². The Kier molecular flexibility index (Phi) is 3.46. The summed E-state index contributed by atoms with van der Waals surface area (Å²) < 4.78 is 12.7. The normalized spacial score (nSPS) is 10.0. The second-order valence-corrected chi connectivity index (χ2v) is 3.41. The fourth-order valence-corrected chi connectivity index (χ4v) is 1.32. The van der Waals surface area contributed by atoms with E-state index in [-0.39, 0.29) is 5.82 Å². The van der Waals surface area contributed by atoms with Gasteiger partial charge in [-0.3, -0.25) is 4.98 Å². The van der Waals surface area contributed by atoms with Gasteiger partial charge in [0.15, 0.2) is 5.82 Å². The molecule has 4 N–H and O–H groups in total. The van der Waals surface area contributed by atoms with Crippen LogP contribution in [0.4, 0.5) is 16.0 Å². The zero-order valence-electron chi connectivity index (χ0n) is 9.02. The molecule has 0 aliphatic heterocycles. The Morgan fingerprint density at radius 2 is 1.82 bits per heavy atom. The van der Waals surface area contributed by atoms with Gasteiger partial charge in [-0.1, -0.05) is 12.1 Å². The molecule has 0 saturated carbocycles. The van der Waals surface area contributed by atoms with Crippen LogP contribution in [-0.2, 0) is 6.54 Å². The molecule has 0 fully saturated rings. The lowest BCUT2D eigenvalue weighted by Gasteiger charge is -2.06. The topological polar surface area (TPSA) is 75.9 Å². The van der Waals surface area contributed by atoms with Gasteiger partial charge in [0.05, 0.1) is 12.4 Å². The van der Waals surface area contributed by atoms with Crippen molar-refractivity contribution in [1.82, 2.24) is 9.97 Å². The molecule has 1 aromatic carbocycles. The Hall–Kier alpha value is -2.21.